The molecule has 32 heteroatoms. The zero-order valence-electron chi connectivity index (χ0n) is 59.1. The molecule has 43 N–H and O–H groups in total. The average Bonchev–Trinajstić information content (AvgIpc) is 3.97. The second-order valence-electron chi connectivity index (χ2n) is 21.4. The number of carboxylic acid groups (broad SMARTS) is 1. The summed E-state index contributed by atoms with van der Waals surface area (Å²) in [5.41, 5.74) is 62.9. The van der Waals surface area contributed by atoms with Crippen molar-refractivity contribution in [3.05, 3.63) is 0 Å². The van der Waals surface area contributed by atoms with Crippen LogP contribution in [0.2, 0.25) is 0 Å². The Labute approximate surface area is 566 Å². The predicted octanol–water partition coefficient (Wildman–Crippen LogP) is -7.94. The zero-order chi connectivity index (χ0) is 71.8. The second kappa shape index (κ2) is 117. The van der Waals surface area contributed by atoms with Gasteiger partial charge in [0.25, 0.3) is 0 Å². The molecule has 1 saturated heterocycles. The molecule has 32 nitrogen and oxygen atoms in total. The van der Waals surface area contributed by atoms with Gasteiger partial charge in [0, 0.05) is 78.5 Å². The van der Waals surface area contributed by atoms with E-state index in [1.807, 2.05) is 0 Å². The number of aliphatic carboxylic acids is 1. The van der Waals surface area contributed by atoms with E-state index >= 15 is 0 Å². The predicted molar refractivity (Wildman–Crippen MR) is 391 cm³/mol. The van der Waals surface area contributed by atoms with E-state index < -0.39 is 24.2 Å². The van der Waals surface area contributed by atoms with Crippen LogP contribution in [-0.2, 0) is 4.79 Å². The molecule has 93 heavy (non-hydrogen) atoms. The lowest BCUT2D eigenvalue weighted by Crippen LogP contribution is -2.37. The van der Waals surface area contributed by atoms with Gasteiger partial charge in [-0.1, -0.05) is 32.6 Å². The maximum Gasteiger partial charge on any atom is 0.320 e. The molecule has 1 fully saturated rings. The van der Waals surface area contributed by atoms with Gasteiger partial charge in [0.05, 0.1) is 51.8 Å². The van der Waals surface area contributed by atoms with E-state index in [9.17, 15) is 9.90 Å². The molecule has 1 aliphatic heterocycles. The zero-order valence-corrected chi connectivity index (χ0v) is 59.1. The van der Waals surface area contributed by atoms with Gasteiger partial charge in [0.15, 0.2) is 0 Å². The summed E-state index contributed by atoms with van der Waals surface area (Å²) in [6.45, 7) is 27.4. The summed E-state index contributed by atoms with van der Waals surface area (Å²) in [7, 11) is 0. The van der Waals surface area contributed by atoms with E-state index in [1.54, 1.807) is 0 Å². The average molecular weight is 1360 g/mol. The van der Waals surface area contributed by atoms with Gasteiger partial charge in [0.1, 0.15) is 6.04 Å². The Morgan fingerprint density at radius 1 is 0.344 bits per heavy atom. The van der Waals surface area contributed by atoms with Crippen LogP contribution in [0.15, 0.2) is 0 Å². The third-order valence-corrected chi connectivity index (χ3v) is 12.1. The van der Waals surface area contributed by atoms with Gasteiger partial charge in [-0.25, -0.2) is 0 Å². The summed E-state index contributed by atoms with van der Waals surface area (Å²) < 4.78 is 0. The highest BCUT2D eigenvalue weighted by molar-refractivity contribution is 5.72. The third-order valence-electron chi connectivity index (χ3n) is 12.1. The molecule has 0 aromatic rings. The Morgan fingerprint density at radius 3 is 0.957 bits per heavy atom. The van der Waals surface area contributed by atoms with Crippen molar-refractivity contribution in [3.8, 4) is 0 Å². The third kappa shape index (κ3) is 147. The van der Waals surface area contributed by atoms with Crippen LogP contribution in [0.25, 0.3) is 0 Å². The van der Waals surface area contributed by atoms with Crippen molar-refractivity contribution in [2.24, 2.45) is 74.7 Å². The molecular weight excluding hydrogens is 1200 g/mol. The molecule has 0 spiro atoms. The van der Waals surface area contributed by atoms with E-state index in [0.717, 1.165) is 169 Å². The number of hydrogen-bond donors (Lipinski definition) is 31. The van der Waals surface area contributed by atoms with Crippen LogP contribution in [0.1, 0.15) is 122 Å². The summed E-state index contributed by atoms with van der Waals surface area (Å²) in [6, 6.07) is -0.742. The minimum Gasteiger partial charge on any atom is -0.480 e. The van der Waals surface area contributed by atoms with E-state index in [1.165, 1.54) is 64.5 Å². The summed E-state index contributed by atoms with van der Waals surface area (Å²) in [5.74, 6) is -0.353. The van der Waals surface area contributed by atoms with Crippen molar-refractivity contribution in [2.75, 3.05) is 243 Å². The highest BCUT2D eigenvalue weighted by Crippen LogP contribution is 2.04. The highest BCUT2D eigenvalue weighted by Gasteiger charge is 2.09. The summed E-state index contributed by atoms with van der Waals surface area (Å²) >= 11 is 0. The maximum absolute atomic E-state index is 10.0. The van der Waals surface area contributed by atoms with E-state index in [2.05, 4.69) is 60.1 Å². The molecule has 1 rings (SSSR count). The van der Waals surface area contributed by atoms with Crippen molar-refractivity contribution in [3.63, 3.8) is 0 Å². The molecule has 0 amide bonds. The molecule has 0 saturated carbocycles. The molecule has 1 heterocycles. The Kier molecular flexibility index (Phi) is 139. The van der Waals surface area contributed by atoms with Crippen molar-refractivity contribution in [1.29, 1.82) is 0 Å². The van der Waals surface area contributed by atoms with E-state index in [0.29, 0.717) is 84.2 Å². The first-order chi connectivity index (χ1) is 45.2. The molecule has 0 bridgehead atoms. The largest absolute Gasteiger partial charge is 0.480 e. The van der Waals surface area contributed by atoms with Gasteiger partial charge in [-0.3, -0.25) is 4.79 Å². The van der Waals surface area contributed by atoms with Gasteiger partial charge < -0.3 is 168 Å². The number of unbranched alkanes of at least 4 members (excludes halogenated alkanes) is 7. The highest BCUT2D eigenvalue weighted by atomic mass is 16.4. The van der Waals surface area contributed by atoms with Gasteiger partial charge >= 0.3 is 5.97 Å². The van der Waals surface area contributed by atoms with E-state index in [4.69, 9.17) is 110 Å². The van der Waals surface area contributed by atoms with E-state index in [-0.39, 0.29) is 46.2 Å². The molecule has 0 aliphatic carbocycles. The summed E-state index contributed by atoms with van der Waals surface area (Å²) in [6.07, 6.45) is 19.0. The van der Waals surface area contributed by atoms with Crippen LogP contribution in [-0.4, -0.2) is 313 Å². The number of nitrogens with two attached hydrogens (primary N) is 12. The van der Waals surface area contributed by atoms with Crippen molar-refractivity contribution >= 4 is 5.97 Å². The quantitative estimate of drug-likeness (QED) is 0.0252. The molecule has 574 valence electrons. The monoisotopic (exact) mass is 1360 g/mol. The van der Waals surface area contributed by atoms with Crippen molar-refractivity contribution in [1.82, 2.24) is 53.2 Å². The number of carboxylic acids is 1. The first-order valence-corrected chi connectivity index (χ1v) is 35.0. The molecule has 3 atom stereocenters. The Bertz CT molecular complexity index is 1100. The minimum atomic E-state index is -0.955. The number of aliphatic hydroxyl groups is 8. The normalized spacial score (nSPS) is 12.2. The van der Waals surface area contributed by atoms with Crippen molar-refractivity contribution < 1.29 is 50.8 Å². The van der Waals surface area contributed by atoms with Gasteiger partial charge in [-0.05, 0) is 220 Å². The van der Waals surface area contributed by atoms with Crippen LogP contribution in [0, 0.1) is 5.92 Å². The van der Waals surface area contributed by atoms with Crippen LogP contribution in [0.4, 0.5) is 0 Å². The van der Waals surface area contributed by atoms with Gasteiger partial charge in [-0.2, -0.15) is 0 Å². The number of nitrogens with one attached hydrogen (secondary N) is 10. The van der Waals surface area contributed by atoms with Crippen molar-refractivity contribution in [2.45, 2.75) is 141 Å². The molecule has 0 aromatic carbocycles. The molecule has 0 aromatic heterocycles. The lowest BCUT2D eigenvalue weighted by Gasteiger charge is -2.11. The fourth-order valence-electron chi connectivity index (χ4n) is 6.49. The number of carbonyl (C=O) groups is 1. The summed E-state index contributed by atoms with van der Waals surface area (Å²) in [4.78, 5) is 10.0. The molecular formula is C61H160N22O10. The smallest absolute Gasteiger partial charge is 0.320 e. The number of hydrogen-bond acceptors (Lipinski definition) is 31. The Morgan fingerprint density at radius 2 is 0.634 bits per heavy atom. The minimum absolute atomic E-state index is 0.0801. The Balaban J connectivity index is -0.000000121. The first kappa shape index (κ1) is 110. The van der Waals surface area contributed by atoms with Crippen LogP contribution in [0.3, 0.4) is 0 Å². The standard InChI is InChI=1S/C11H27N3.C7H19N3.C7H18N2O3.C7H18N2O2.C5H14N2O2.C5H12N2O2.C5H14N2O.C5H12N2.C5H14N2.C4H12N2/c12-8-5-3-1-2-4-6-10-14-11-7-9-13;8-4-1-2-6-10-7-3-5-9;10-3-1-8-5-7(12)6-9-2-4-11;10-6-4-8-2-1-3-9-5-7-11;6-3-5(9)4-7-1-2-8;6-3-1-2-4(7)5(8)9;6-2-1-3-7-4-5-8;1-2-6-4-5-7-3-1;1-5(4-7)2-3-6;5-3-1-2-4-6/h14H,1-13H2;10H,1-9H2;7-12H,1-6H2;8-11H,1-7H2;5,7-9H,1-4,6H2;4H,1-3,6-7H2,(H,8,9);7-8H,1-6H2;6-7H,1-5H2;5H,2-4,6-7H2,1H3;1-6H2. The molecule has 0 radical (unpaired) electrons. The van der Waals surface area contributed by atoms with Gasteiger partial charge in [-0.15, -0.1) is 0 Å². The molecule has 3 unspecified atom stereocenters. The van der Waals surface area contributed by atoms with Crippen LogP contribution in [0.5, 0.6) is 0 Å². The number of rotatable bonds is 54. The fourth-order valence-corrected chi connectivity index (χ4v) is 6.49. The second-order valence-corrected chi connectivity index (χ2v) is 21.4. The van der Waals surface area contributed by atoms with Crippen LogP contribution >= 0.6 is 0 Å². The topological polar surface area (TPSA) is 632 Å². The fraction of sp³-hybridized carbons (Fsp3) is 0.984. The first-order valence-electron chi connectivity index (χ1n) is 35.0. The van der Waals surface area contributed by atoms with Gasteiger partial charge in [0.2, 0.25) is 0 Å². The maximum atomic E-state index is 10.0. The summed E-state index contributed by atoms with van der Waals surface area (Å²) in [5, 5.41) is 107. The lowest BCUT2D eigenvalue weighted by atomic mass is 10.1. The number of aliphatic hydroxyl groups excluding tert-OH is 8. The lowest BCUT2D eigenvalue weighted by molar-refractivity contribution is -0.138. The Hall–Kier alpha value is -1.73. The SMILES string of the molecule is C1CNCCNC1.CC(CN)CCN.NCC(O)CNCCO.NCCCC(N)C(=O)O.NCCCCCCCCNCCCN.NCCCCN.NCCCCNCCCN.NCCCNCCO.OCCNCC(O)CNCCO.OCCNCCCNCCO. The molecule has 1 aliphatic rings. The van der Waals surface area contributed by atoms with Crippen LogP contribution < -0.4 is 122 Å².